The molecule has 2 aliphatic heterocycles. The molecule has 0 spiro atoms. The zero-order chi connectivity index (χ0) is 24.0. The Balaban J connectivity index is 1.24. The zero-order valence-electron chi connectivity index (χ0n) is 19.4. The summed E-state index contributed by atoms with van der Waals surface area (Å²) < 4.78 is 30.0. The fourth-order valence-corrected chi connectivity index (χ4v) is 4.45. The van der Waals surface area contributed by atoms with Gasteiger partial charge >= 0.3 is 0 Å². The molecule has 1 fully saturated rings. The molecule has 0 bridgehead atoms. The summed E-state index contributed by atoms with van der Waals surface area (Å²) in [7, 11) is 0. The molecule has 2 heterocycles. The molecule has 1 amide bonds. The molecule has 1 N–H and O–H groups in total. The average molecular weight is 478 g/mol. The molecule has 1 saturated heterocycles. The van der Waals surface area contributed by atoms with Gasteiger partial charge in [-0.1, -0.05) is 24.3 Å². The number of fused-ring (bicyclic) bond motifs is 1. The zero-order valence-corrected chi connectivity index (χ0v) is 19.4. The Morgan fingerprint density at radius 1 is 0.943 bits per heavy atom. The minimum atomic E-state index is -0.234. The minimum Gasteiger partial charge on any atom is -0.484 e. The van der Waals surface area contributed by atoms with E-state index in [1.165, 1.54) is 12.1 Å². The maximum Gasteiger partial charge on any atom is 0.258 e. The second kappa shape index (κ2) is 10.7. The summed E-state index contributed by atoms with van der Waals surface area (Å²) in [5.41, 5.74) is 2.06. The summed E-state index contributed by atoms with van der Waals surface area (Å²) in [5, 5.41) is 3.03. The Labute approximate surface area is 204 Å². The van der Waals surface area contributed by atoms with Crippen molar-refractivity contribution in [3.8, 4) is 17.2 Å². The second-order valence-electron chi connectivity index (χ2n) is 8.53. The predicted molar refractivity (Wildman–Crippen MR) is 130 cm³/mol. The maximum atomic E-state index is 13.3. The van der Waals surface area contributed by atoms with Gasteiger partial charge in [-0.05, 0) is 54.1 Å². The standard InChI is InChI=1S/C27H28FN3O4/c28-21-7-9-22(10-8-21)30-12-14-31(15-13-30)24(20-6-11-25-26(16-20)35-19-34-25)17-29-27(32)18-33-23-4-2-1-3-5-23/h1-11,16,24H,12-15,17-19H2,(H,29,32)/t24-/m0/s1. The smallest absolute Gasteiger partial charge is 0.258 e. The molecule has 1 atom stereocenters. The average Bonchev–Trinajstić information content (AvgIpc) is 3.37. The van der Waals surface area contributed by atoms with E-state index in [4.69, 9.17) is 14.2 Å². The van der Waals surface area contributed by atoms with Gasteiger partial charge < -0.3 is 24.4 Å². The molecule has 0 radical (unpaired) electrons. The summed E-state index contributed by atoms with van der Waals surface area (Å²) >= 11 is 0. The third-order valence-corrected chi connectivity index (χ3v) is 6.33. The van der Waals surface area contributed by atoms with Crippen LogP contribution in [0.4, 0.5) is 10.1 Å². The molecular weight excluding hydrogens is 449 g/mol. The highest BCUT2D eigenvalue weighted by Gasteiger charge is 2.27. The Morgan fingerprint density at radius 2 is 1.69 bits per heavy atom. The monoisotopic (exact) mass is 477 g/mol. The predicted octanol–water partition coefficient (Wildman–Crippen LogP) is 3.61. The SMILES string of the molecule is O=C(COc1ccccc1)NC[C@@H](c1ccc2c(c1)OCO2)N1CCN(c2ccc(F)cc2)CC1. The fraction of sp³-hybridized carbons (Fsp3) is 0.296. The number of nitrogens with one attached hydrogen (secondary N) is 1. The van der Waals surface area contributed by atoms with Crippen molar-refractivity contribution in [1.82, 2.24) is 10.2 Å². The van der Waals surface area contributed by atoms with E-state index in [0.717, 1.165) is 48.9 Å². The van der Waals surface area contributed by atoms with E-state index in [1.807, 2.05) is 60.7 Å². The van der Waals surface area contributed by atoms with Gasteiger partial charge in [0.15, 0.2) is 18.1 Å². The summed E-state index contributed by atoms with van der Waals surface area (Å²) in [4.78, 5) is 17.2. The summed E-state index contributed by atoms with van der Waals surface area (Å²) in [5.74, 6) is 1.70. The first-order valence-corrected chi connectivity index (χ1v) is 11.7. The Hall–Kier alpha value is -3.78. The van der Waals surface area contributed by atoms with Crippen LogP contribution in [0.25, 0.3) is 0 Å². The van der Waals surface area contributed by atoms with Crippen molar-refractivity contribution < 1.29 is 23.4 Å². The Kier molecular flexibility index (Phi) is 6.99. The lowest BCUT2D eigenvalue weighted by Gasteiger charge is -2.40. The van der Waals surface area contributed by atoms with Crippen molar-refractivity contribution >= 4 is 11.6 Å². The van der Waals surface area contributed by atoms with Crippen molar-refractivity contribution in [3.05, 3.63) is 84.2 Å². The first-order valence-electron chi connectivity index (χ1n) is 11.7. The molecule has 0 aromatic heterocycles. The maximum absolute atomic E-state index is 13.3. The van der Waals surface area contributed by atoms with Crippen LogP contribution in [-0.2, 0) is 4.79 Å². The number of nitrogens with zero attached hydrogens (tertiary/aromatic N) is 2. The van der Waals surface area contributed by atoms with Gasteiger partial charge in [-0.15, -0.1) is 0 Å². The number of piperazine rings is 1. The molecule has 0 unspecified atom stereocenters. The van der Waals surface area contributed by atoms with Crippen molar-refractivity contribution in [2.45, 2.75) is 6.04 Å². The van der Waals surface area contributed by atoms with E-state index in [-0.39, 0.29) is 31.2 Å². The molecule has 7 nitrogen and oxygen atoms in total. The van der Waals surface area contributed by atoms with Crippen LogP contribution in [0.1, 0.15) is 11.6 Å². The number of para-hydroxylation sites is 1. The molecule has 8 heteroatoms. The van der Waals surface area contributed by atoms with Crippen molar-refractivity contribution in [2.24, 2.45) is 0 Å². The first kappa shape index (κ1) is 23.0. The number of halogens is 1. The minimum absolute atomic E-state index is 0.0412. The van der Waals surface area contributed by atoms with E-state index in [9.17, 15) is 9.18 Å². The number of benzene rings is 3. The number of anilines is 1. The van der Waals surface area contributed by atoms with Crippen LogP contribution in [0.5, 0.6) is 17.2 Å². The number of carbonyl (C=O) groups excluding carboxylic acids is 1. The normalized spacial score (nSPS) is 16.1. The van der Waals surface area contributed by atoms with Gasteiger partial charge in [-0.3, -0.25) is 9.69 Å². The third kappa shape index (κ3) is 5.66. The number of carbonyl (C=O) groups is 1. The van der Waals surface area contributed by atoms with E-state index in [1.54, 1.807) is 0 Å². The lowest BCUT2D eigenvalue weighted by atomic mass is 10.0. The molecule has 182 valence electrons. The van der Waals surface area contributed by atoms with E-state index in [2.05, 4.69) is 15.1 Å². The Morgan fingerprint density at radius 3 is 2.46 bits per heavy atom. The van der Waals surface area contributed by atoms with Crippen LogP contribution < -0.4 is 24.4 Å². The van der Waals surface area contributed by atoms with Gasteiger partial charge in [0.2, 0.25) is 6.79 Å². The number of rotatable bonds is 8. The van der Waals surface area contributed by atoms with Crippen LogP contribution in [0.3, 0.4) is 0 Å². The summed E-state index contributed by atoms with van der Waals surface area (Å²) in [6.07, 6.45) is 0. The van der Waals surface area contributed by atoms with Crippen LogP contribution in [0.2, 0.25) is 0 Å². The molecule has 0 aliphatic carbocycles. The molecule has 0 saturated carbocycles. The fourth-order valence-electron chi connectivity index (χ4n) is 4.45. The van der Waals surface area contributed by atoms with Gasteiger partial charge in [0.1, 0.15) is 11.6 Å². The molecule has 3 aromatic carbocycles. The molecule has 35 heavy (non-hydrogen) atoms. The van der Waals surface area contributed by atoms with Crippen molar-refractivity contribution in [1.29, 1.82) is 0 Å². The van der Waals surface area contributed by atoms with Crippen LogP contribution in [0.15, 0.2) is 72.8 Å². The second-order valence-corrected chi connectivity index (χ2v) is 8.53. The lowest BCUT2D eigenvalue weighted by molar-refractivity contribution is -0.123. The molecule has 2 aliphatic rings. The highest BCUT2D eigenvalue weighted by atomic mass is 19.1. The van der Waals surface area contributed by atoms with Crippen molar-refractivity contribution in [3.63, 3.8) is 0 Å². The summed E-state index contributed by atoms with van der Waals surface area (Å²) in [6, 6.07) is 21.8. The van der Waals surface area contributed by atoms with Crippen LogP contribution >= 0.6 is 0 Å². The molecule has 3 aromatic rings. The van der Waals surface area contributed by atoms with Gasteiger partial charge in [0.05, 0.1) is 6.04 Å². The third-order valence-electron chi connectivity index (χ3n) is 6.33. The number of amides is 1. The highest BCUT2D eigenvalue weighted by Crippen LogP contribution is 2.35. The van der Waals surface area contributed by atoms with Crippen molar-refractivity contribution in [2.75, 3.05) is 51.0 Å². The van der Waals surface area contributed by atoms with E-state index in [0.29, 0.717) is 12.3 Å². The van der Waals surface area contributed by atoms with Gasteiger partial charge in [-0.2, -0.15) is 0 Å². The quantitative estimate of drug-likeness (QED) is 0.535. The van der Waals surface area contributed by atoms with Crippen LogP contribution in [-0.4, -0.2) is 56.9 Å². The lowest BCUT2D eigenvalue weighted by Crippen LogP contribution is -2.50. The van der Waals surface area contributed by atoms with E-state index < -0.39 is 0 Å². The number of hydrogen-bond acceptors (Lipinski definition) is 6. The van der Waals surface area contributed by atoms with Gasteiger partial charge in [0.25, 0.3) is 5.91 Å². The van der Waals surface area contributed by atoms with Gasteiger partial charge in [-0.25, -0.2) is 4.39 Å². The topological polar surface area (TPSA) is 63.3 Å². The highest BCUT2D eigenvalue weighted by molar-refractivity contribution is 5.77. The summed E-state index contributed by atoms with van der Waals surface area (Å²) in [6.45, 7) is 3.81. The molecule has 5 rings (SSSR count). The largest absolute Gasteiger partial charge is 0.484 e. The van der Waals surface area contributed by atoms with Gasteiger partial charge in [0, 0.05) is 38.4 Å². The first-order chi connectivity index (χ1) is 17.2. The van der Waals surface area contributed by atoms with Crippen LogP contribution in [0, 0.1) is 5.82 Å². The van der Waals surface area contributed by atoms with E-state index >= 15 is 0 Å². The number of ether oxygens (including phenoxy) is 3. The Bertz CT molecular complexity index is 1130. The molecular formula is C27H28FN3O4. The number of hydrogen-bond donors (Lipinski definition) is 1.